The first kappa shape index (κ1) is 17.1. The molecule has 0 amide bonds. The van der Waals surface area contributed by atoms with Gasteiger partial charge < -0.3 is 14.2 Å². The maximum atomic E-state index is 11.5. The van der Waals surface area contributed by atoms with E-state index in [1.165, 1.54) is 0 Å². The molecule has 1 rings (SSSR count). The van der Waals surface area contributed by atoms with Crippen LogP contribution in [0, 0.1) is 11.8 Å². The van der Waals surface area contributed by atoms with Gasteiger partial charge >= 0.3 is 12.1 Å². The Bertz CT molecular complexity index is 559. The Balaban J connectivity index is 2.97. The molecular weight excluding hydrogens is 340 g/mol. The average molecular weight is 355 g/mol. The molecule has 0 N–H and O–H groups in total. The fourth-order valence-electron chi connectivity index (χ4n) is 1.40. The third-order valence-corrected chi connectivity index (χ3v) is 2.97. The number of esters is 1. The fraction of sp³-hybridized carbons (Fsp3) is 0.333. The highest BCUT2D eigenvalue weighted by Crippen LogP contribution is 2.25. The van der Waals surface area contributed by atoms with Crippen molar-refractivity contribution >= 4 is 28.1 Å². The molecule has 6 heteroatoms. The van der Waals surface area contributed by atoms with Crippen LogP contribution in [-0.4, -0.2) is 25.3 Å². The maximum absolute atomic E-state index is 11.5. The standard InChI is InChI=1S/C15H15BrO5/c1-3-19-14(17)10-9-13(21-15(18)20-4-2)11-7-5-6-8-12(11)16/h5-8,13H,3-4H2,1-2H3. The summed E-state index contributed by atoms with van der Waals surface area (Å²) in [7, 11) is 0. The molecule has 0 radical (unpaired) electrons. The van der Waals surface area contributed by atoms with Gasteiger partial charge in [0.25, 0.3) is 0 Å². The van der Waals surface area contributed by atoms with Crippen LogP contribution in [0.1, 0.15) is 25.5 Å². The summed E-state index contributed by atoms with van der Waals surface area (Å²) in [6.45, 7) is 3.76. The van der Waals surface area contributed by atoms with Crippen LogP contribution in [0.25, 0.3) is 0 Å². The second-order valence-corrected chi connectivity index (χ2v) is 4.55. The highest BCUT2D eigenvalue weighted by Gasteiger charge is 2.18. The van der Waals surface area contributed by atoms with Crippen molar-refractivity contribution in [2.45, 2.75) is 20.0 Å². The lowest BCUT2D eigenvalue weighted by atomic mass is 10.1. The lowest BCUT2D eigenvalue weighted by molar-refractivity contribution is -0.136. The van der Waals surface area contributed by atoms with Gasteiger partial charge in [0, 0.05) is 16.0 Å². The molecule has 1 aromatic carbocycles. The van der Waals surface area contributed by atoms with Gasteiger partial charge in [-0.25, -0.2) is 9.59 Å². The van der Waals surface area contributed by atoms with E-state index in [4.69, 9.17) is 14.2 Å². The number of benzene rings is 1. The van der Waals surface area contributed by atoms with E-state index >= 15 is 0 Å². The maximum Gasteiger partial charge on any atom is 0.509 e. The van der Waals surface area contributed by atoms with E-state index in [0.717, 1.165) is 0 Å². The Kier molecular flexibility index (Phi) is 7.33. The number of ether oxygens (including phenoxy) is 3. The summed E-state index contributed by atoms with van der Waals surface area (Å²) in [6.07, 6.45) is -1.78. The van der Waals surface area contributed by atoms with Crippen LogP contribution < -0.4 is 0 Å². The van der Waals surface area contributed by atoms with Crippen LogP contribution in [-0.2, 0) is 19.0 Å². The van der Waals surface area contributed by atoms with Crippen molar-refractivity contribution in [2.24, 2.45) is 0 Å². The number of hydrogen-bond acceptors (Lipinski definition) is 5. The highest BCUT2D eigenvalue weighted by atomic mass is 79.9. The smallest absolute Gasteiger partial charge is 0.456 e. The van der Waals surface area contributed by atoms with Crippen molar-refractivity contribution in [1.29, 1.82) is 0 Å². The van der Waals surface area contributed by atoms with Gasteiger partial charge in [0.2, 0.25) is 0 Å². The topological polar surface area (TPSA) is 61.8 Å². The summed E-state index contributed by atoms with van der Waals surface area (Å²) >= 11 is 3.35. The van der Waals surface area contributed by atoms with Crippen molar-refractivity contribution in [2.75, 3.05) is 13.2 Å². The molecule has 1 aromatic rings. The molecule has 21 heavy (non-hydrogen) atoms. The number of carbonyl (C=O) groups excluding carboxylic acids is 2. The second kappa shape index (κ2) is 9.03. The highest BCUT2D eigenvalue weighted by molar-refractivity contribution is 9.10. The zero-order valence-electron chi connectivity index (χ0n) is 11.7. The lowest BCUT2D eigenvalue weighted by Crippen LogP contribution is -2.12. The van der Waals surface area contributed by atoms with E-state index in [9.17, 15) is 9.59 Å². The van der Waals surface area contributed by atoms with Crippen molar-refractivity contribution in [1.82, 2.24) is 0 Å². The first-order valence-corrected chi connectivity index (χ1v) is 7.13. The predicted molar refractivity (Wildman–Crippen MR) is 79.4 cm³/mol. The van der Waals surface area contributed by atoms with E-state index in [1.54, 1.807) is 32.0 Å². The molecule has 0 aromatic heterocycles. The van der Waals surface area contributed by atoms with Crippen molar-refractivity contribution < 1.29 is 23.8 Å². The summed E-state index contributed by atoms with van der Waals surface area (Å²) in [5.41, 5.74) is 0.613. The van der Waals surface area contributed by atoms with Gasteiger partial charge in [-0.3, -0.25) is 0 Å². The minimum atomic E-state index is -0.927. The van der Waals surface area contributed by atoms with Crippen LogP contribution in [0.3, 0.4) is 0 Å². The molecule has 5 nitrogen and oxygen atoms in total. The molecule has 112 valence electrons. The molecule has 0 bridgehead atoms. The third-order valence-electron chi connectivity index (χ3n) is 2.24. The molecule has 1 unspecified atom stereocenters. The average Bonchev–Trinajstić information content (AvgIpc) is 2.45. The SMILES string of the molecule is CCOC(=O)C#CC(OC(=O)OCC)c1ccccc1Br. The van der Waals surface area contributed by atoms with Crippen LogP contribution in [0.15, 0.2) is 28.7 Å². The number of halogens is 1. The molecule has 0 fully saturated rings. The van der Waals surface area contributed by atoms with E-state index in [0.29, 0.717) is 10.0 Å². The van der Waals surface area contributed by atoms with Crippen LogP contribution in [0.4, 0.5) is 4.79 Å². The fourth-order valence-corrected chi connectivity index (χ4v) is 1.89. The van der Waals surface area contributed by atoms with Gasteiger partial charge in [-0.2, -0.15) is 0 Å². The summed E-state index contributed by atoms with van der Waals surface area (Å²) in [6, 6.07) is 7.10. The molecular formula is C15H15BrO5. The van der Waals surface area contributed by atoms with Crippen molar-refractivity contribution in [3.8, 4) is 11.8 Å². The number of hydrogen-bond donors (Lipinski definition) is 0. The molecule has 0 saturated heterocycles. The molecule has 0 aliphatic carbocycles. The Morgan fingerprint density at radius 1 is 1.19 bits per heavy atom. The summed E-state index contributed by atoms with van der Waals surface area (Å²) in [5.74, 6) is 4.19. The zero-order chi connectivity index (χ0) is 15.7. The largest absolute Gasteiger partial charge is 0.509 e. The minimum Gasteiger partial charge on any atom is -0.456 e. The van der Waals surface area contributed by atoms with E-state index in [1.807, 2.05) is 6.07 Å². The van der Waals surface area contributed by atoms with Gasteiger partial charge in [0.1, 0.15) is 0 Å². The molecule has 0 spiro atoms. The van der Waals surface area contributed by atoms with Crippen LogP contribution >= 0.6 is 15.9 Å². The predicted octanol–water partition coefficient (Wildman–Crippen LogP) is 3.23. The van der Waals surface area contributed by atoms with Gasteiger partial charge in [-0.05, 0) is 25.8 Å². The van der Waals surface area contributed by atoms with E-state index < -0.39 is 18.2 Å². The molecule has 1 atom stereocenters. The van der Waals surface area contributed by atoms with E-state index in [2.05, 4.69) is 27.8 Å². The Labute approximate surface area is 131 Å². The summed E-state index contributed by atoms with van der Waals surface area (Å²) < 4.78 is 15.3. The van der Waals surface area contributed by atoms with Gasteiger partial charge in [0.05, 0.1) is 13.2 Å². The molecule has 0 aliphatic heterocycles. The Hall–Kier alpha value is -2.00. The minimum absolute atomic E-state index is 0.187. The van der Waals surface area contributed by atoms with Gasteiger partial charge in [0.15, 0.2) is 6.10 Å². The third kappa shape index (κ3) is 5.88. The Morgan fingerprint density at radius 3 is 2.48 bits per heavy atom. The van der Waals surface area contributed by atoms with Gasteiger partial charge in [-0.1, -0.05) is 34.1 Å². The first-order chi connectivity index (χ1) is 10.1. The monoisotopic (exact) mass is 354 g/mol. The Morgan fingerprint density at radius 2 is 1.86 bits per heavy atom. The molecule has 0 aliphatic rings. The quantitative estimate of drug-likeness (QED) is 0.471. The van der Waals surface area contributed by atoms with Crippen molar-refractivity contribution in [3.63, 3.8) is 0 Å². The van der Waals surface area contributed by atoms with Gasteiger partial charge in [-0.15, -0.1) is 0 Å². The second-order valence-electron chi connectivity index (χ2n) is 3.69. The number of carbonyl (C=O) groups is 2. The molecule has 0 saturated carbocycles. The van der Waals surface area contributed by atoms with Crippen LogP contribution in [0.5, 0.6) is 0 Å². The summed E-state index contributed by atoms with van der Waals surface area (Å²) in [4.78, 5) is 22.8. The van der Waals surface area contributed by atoms with Crippen molar-refractivity contribution in [3.05, 3.63) is 34.3 Å². The molecule has 0 heterocycles. The van der Waals surface area contributed by atoms with E-state index in [-0.39, 0.29) is 13.2 Å². The number of rotatable bonds is 4. The summed E-state index contributed by atoms with van der Waals surface area (Å²) in [5, 5.41) is 0. The zero-order valence-corrected chi connectivity index (χ0v) is 13.3. The van der Waals surface area contributed by atoms with Crippen LogP contribution in [0.2, 0.25) is 0 Å². The first-order valence-electron chi connectivity index (χ1n) is 6.34. The normalized spacial score (nSPS) is 10.8. The lowest BCUT2D eigenvalue weighted by Gasteiger charge is -2.13.